The van der Waals surface area contributed by atoms with Crippen LogP contribution in [0.3, 0.4) is 0 Å². The van der Waals surface area contributed by atoms with E-state index in [1.165, 1.54) is 7.11 Å². The number of nitrogens with zero attached hydrogens (tertiary/aromatic N) is 3. The molecular weight excluding hydrogens is 332 g/mol. The summed E-state index contributed by atoms with van der Waals surface area (Å²) in [5, 5.41) is 2.83. The Morgan fingerprint density at radius 1 is 1.04 bits per heavy atom. The fraction of sp³-hybridized carbons (Fsp3) is 0.211. The molecule has 2 heterocycles. The quantitative estimate of drug-likeness (QED) is 0.733. The van der Waals surface area contributed by atoms with E-state index in [4.69, 9.17) is 4.74 Å². The average molecular weight is 352 g/mol. The Morgan fingerprint density at radius 2 is 1.73 bits per heavy atom. The molecule has 0 fully saturated rings. The third kappa shape index (κ3) is 3.37. The van der Waals surface area contributed by atoms with Crippen molar-refractivity contribution in [3.8, 4) is 11.1 Å². The molecule has 0 atom stereocenters. The summed E-state index contributed by atoms with van der Waals surface area (Å²) in [7, 11) is 4.93. The van der Waals surface area contributed by atoms with E-state index >= 15 is 0 Å². The maximum absolute atomic E-state index is 12.3. The number of hydrogen-bond donors (Lipinski definition) is 1. The predicted molar refractivity (Wildman–Crippen MR) is 98.1 cm³/mol. The lowest BCUT2D eigenvalue weighted by molar-refractivity contribution is 0.0590. The van der Waals surface area contributed by atoms with Gasteiger partial charge in [-0.25, -0.2) is 9.78 Å². The Bertz CT molecular complexity index is 967. The Labute approximate surface area is 151 Å². The number of carbonyl (C=O) groups is 2. The zero-order valence-electron chi connectivity index (χ0n) is 15.1. The van der Waals surface area contributed by atoms with Crippen molar-refractivity contribution < 1.29 is 14.3 Å². The van der Waals surface area contributed by atoms with Crippen molar-refractivity contribution in [1.82, 2.24) is 14.1 Å². The number of anilines is 1. The first-order valence-electron chi connectivity index (χ1n) is 8.05. The lowest BCUT2D eigenvalue weighted by Gasteiger charge is -2.06. The zero-order chi connectivity index (χ0) is 18.8. The molecule has 0 radical (unpaired) electrons. The molecule has 0 saturated heterocycles. The third-order valence-electron chi connectivity index (χ3n) is 4.08. The number of esters is 1. The predicted octanol–water partition coefficient (Wildman–Crippen LogP) is 2.77. The summed E-state index contributed by atoms with van der Waals surface area (Å²) in [6.45, 7) is 1.84. The van der Waals surface area contributed by atoms with Crippen molar-refractivity contribution in [3.63, 3.8) is 0 Å². The number of ether oxygens (including phenoxy) is 1. The van der Waals surface area contributed by atoms with Crippen LogP contribution in [0.15, 0.2) is 42.7 Å². The number of aromatic nitrogens is 3. The monoisotopic (exact) mass is 352 g/mol. The molecule has 1 N–H and O–H groups in total. The molecular formula is C19H20N4O3. The first-order chi connectivity index (χ1) is 12.4. The van der Waals surface area contributed by atoms with Crippen molar-refractivity contribution >= 4 is 17.6 Å². The Balaban J connectivity index is 1.78. The molecule has 0 saturated carbocycles. The van der Waals surface area contributed by atoms with Crippen molar-refractivity contribution in [3.05, 3.63) is 59.9 Å². The minimum absolute atomic E-state index is 0.263. The van der Waals surface area contributed by atoms with E-state index in [1.807, 2.05) is 37.4 Å². The summed E-state index contributed by atoms with van der Waals surface area (Å²) in [5.74, 6) is -0.286. The molecule has 0 unspecified atom stereocenters. The van der Waals surface area contributed by atoms with E-state index < -0.39 is 0 Å². The van der Waals surface area contributed by atoms with Gasteiger partial charge in [0.2, 0.25) is 0 Å². The summed E-state index contributed by atoms with van der Waals surface area (Å²) < 4.78 is 8.18. The highest BCUT2D eigenvalue weighted by molar-refractivity contribution is 6.02. The smallest absolute Gasteiger partial charge is 0.354 e. The molecule has 0 bridgehead atoms. The van der Waals surface area contributed by atoms with Gasteiger partial charge in [0.1, 0.15) is 5.69 Å². The first-order valence-corrected chi connectivity index (χ1v) is 8.05. The molecule has 0 spiro atoms. The van der Waals surface area contributed by atoms with Gasteiger partial charge < -0.3 is 19.2 Å². The van der Waals surface area contributed by atoms with Gasteiger partial charge in [0.25, 0.3) is 5.91 Å². The summed E-state index contributed by atoms with van der Waals surface area (Å²) in [4.78, 5) is 28.2. The van der Waals surface area contributed by atoms with Gasteiger partial charge in [-0.3, -0.25) is 4.79 Å². The van der Waals surface area contributed by atoms with Gasteiger partial charge in [0, 0.05) is 37.7 Å². The van der Waals surface area contributed by atoms with E-state index in [9.17, 15) is 9.59 Å². The minimum atomic E-state index is -0.381. The van der Waals surface area contributed by atoms with Crippen LogP contribution in [0.1, 0.15) is 26.8 Å². The molecule has 0 aliphatic carbocycles. The number of nitrogens with one attached hydrogen (secondary N) is 1. The van der Waals surface area contributed by atoms with E-state index in [0.717, 1.165) is 16.8 Å². The standard InChI is InChI=1S/C19H20N4O3/c1-12-10-23(3)17(20-12)18(24)21-15-7-5-13(6-8-15)14-9-16(19(25)26-4)22(2)11-14/h5-11H,1-4H3,(H,21,24). The molecule has 1 aromatic carbocycles. The van der Waals surface area contributed by atoms with Gasteiger partial charge in [-0.05, 0) is 30.7 Å². The molecule has 134 valence electrons. The second-order valence-corrected chi connectivity index (χ2v) is 6.06. The molecule has 1 amide bonds. The van der Waals surface area contributed by atoms with E-state index in [-0.39, 0.29) is 11.9 Å². The number of carbonyl (C=O) groups excluding carboxylic acids is 2. The second kappa shape index (κ2) is 6.87. The van der Waals surface area contributed by atoms with Gasteiger partial charge in [-0.1, -0.05) is 12.1 Å². The van der Waals surface area contributed by atoms with E-state index in [2.05, 4.69) is 10.3 Å². The van der Waals surface area contributed by atoms with E-state index in [0.29, 0.717) is 17.2 Å². The van der Waals surface area contributed by atoms with Crippen LogP contribution in [0.25, 0.3) is 11.1 Å². The molecule has 26 heavy (non-hydrogen) atoms. The summed E-state index contributed by atoms with van der Waals surface area (Å²) in [6, 6.07) is 9.17. The Hall–Kier alpha value is -3.35. The first kappa shape index (κ1) is 17.5. The topological polar surface area (TPSA) is 78.2 Å². The normalized spacial score (nSPS) is 10.6. The number of benzene rings is 1. The molecule has 0 aliphatic heterocycles. The Morgan fingerprint density at radius 3 is 2.31 bits per heavy atom. The summed E-state index contributed by atoms with van der Waals surface area (Å²) in [5.41, 5.74) is 3.76. The number of methoxy groups -OCH3 is 1. The van der Waals surface area contributed by atoms with E-state index in [1.54, 1.807) is 35.5 Å². The highest BCUT2D eigenvalue weighted by Crippen LogP contribution is 2.24. The van der Waals surface area contributed by atoms with Crippen LogP contribution < -0.4 is 5.32 Å². The minimum Gasteiger partial charge on any atom is -0.464 e. The van der Waals surface area contributed by atoms with Crippen molar-refractivity contribution in [1.29, 1.82) is 0 Å². The van der Waals surface area contributed by atoms with Crippen LogP contribution in [0.2, 0.25) is 0 Å². The van der Waals surface area contributed by atoms with Crippen LogP contribution in [0.4, 0.5) is 5.69 Å². The lowest BCUT2D eigenvalue weighted by atomic mass is 10.1. The molecule has 7 nitrogen and oxygen atoms in total. The van der Waals surface area contributed by atoms with Crippen LogP contribution in [-0.2, 0) is 18.8 Å². The van der Waals surface area contributed by atoms with Gasteiger partial charge in [0.05, 0.1) is 12.8 Å². The van der Waals surface area contributed by atoms with Crippen LogP contribution in [-0.4, -0.2) is 33.1 Å². The van der Waals surface area contributed by atoms with Crippen molar-refractivity contribution in [2.75, 3.05) is 12.4 Å². The molecule has 3 rings (SSSR count). The zero-order valence-corrected chi connectivity index (χ0v) is 15.1. The van der Waals surface area contributed by atoms with Gasteiger partial charge in [-0.2, -0.15) is 0 Å². The number of aryl methyl sites for hydroxylation is 3. The number of rotatable bonds is 4. The second-order valence-electron chi connectivity index (χ2n) is 6.06. The fourth-order valence-corrected chi connectivity index (χ4v) is 2.79. The lowest BCUT2D eigenvalue weighted by Crippen LogP contribution is -2.16. The SMILES string of the molecule is COC(=O)c1cc(-c2ccc(NC(=O)c3nc(C)cn3C)cc2)cn1C. The molecule has 2 aromatic heterocycles. The number of imidazole rings is 1. The number of amides is 1. The van der Waals surface area contributed by atoms with Crippen molar-refractivity contribution in [2.24, 2.45) is 14.1 Å². The molecule has 0 aliphatic rings. The maximum atomic E-state index is 12.3. The molecule has 3 aromatic rings. The Kier molecular flexibility index (Phi) is 4.62. The van der Waals surface area contributed by atoms with Gasteiger partial charge in [0.15, 0.2) is 5.82 Å². The summed E-state index contributed by atoms with van der Waals surface area (Å²) in [6.07, 6.45) is 3.66. The highest BCUT2D eigenvalue weighted by Gasteiger charge is 2.14. The van der Waals surface area contributed by atoms with Crippen LogP contribution >= 0.6 is 0 Å². The molecule has 7 heteroatoms. The van der Waals surface area contributed by atoms with Crippen LogP contribution in [0.5, 0.6) is 0 Å². The summed E-state index contributed by atoms with van der Waals surface area (Å²) >= 11 is 0. The maximum Gasteiger partial charge on any atom is 0.354 e. The van der Waals surface area contributed by atoms with Crippen molar-refractivity contribution in [2.45, 2.75) is 6.92 Å². The highest BCUT2D eigenvalue weighted by atomic mass is 16.5. The average Bonchev–Trinajstić information content (AvgIpc) is 3.17. The largest absolute Gasteiger partial charge is 0.464 e. The number of hydrogen-bond acceptors (Lipinski definition) is 4. The van der Waals surface area contributed by atoms with Gasteiger partial charge >= 0.3 is 5.97 Å². The van der Waals surface area contributed by atoms with Gasteiger partial charge in [-0.15, -0.1) is 0 Å². The van der Waals surface area contributed by atoms with Crippen LogP contribution in [0, 0.1) is 6.92 Å². The fourth-order valence-electron chi connectivity index (χ4n) is 2.79. The third-order valence-corrected chi connectivity index (χ3v) is 4.08.